The first-order valence-electron chi connectivity index (χ1n) is 10.8. The summed E-state index contributed by atoms with van der Waals surface area (Å²) >= 11 is 0. The molecule has 5 rings (SSSR count). The van der Waals surface area contributed by atoms with E-state index in [0.717, 1.165) is 47.7 Å². The molecule has 7 nitrogen and oxygen atoms in total. The Hall–Kier alpha value is -3.58. The van der Waals surface area contributed by atoms with Crippen molar-refractivity contribution in [3.05, 3.63) is 72.7 Å². The largest absolute Gasteiger partial charge is 0.497 e. The minimum atomic E-state index is -0.00830. The molecule has 1 atom stereocenters. The third-order valence-corrected chi connectivity index (χ3v) is 6.26. The van der Waals surface area contributed by atoms with E-state index in [2.05, 4.69) is 59.0 Å². The van der Waals surface area contributed by atoms with Crippen molar-refractivity contribution in [2.45, 2.75) is 12.5 Å². The summed E-state index contributed by atoms with van der Waals surface area (Å²) in [5, 5.41) is 4.62. The van der Waals surface area contributed by atoms with Crippen LogP contribution in [0.5, 0.6) is 5.75 Å². The Bertz CT molecular complexity index is 1270. The van der Waals surface area contributed by atoms with E-state index < -0.39 is 0 Å². The van der Waals surface area contributed by atoms with Crippen molar-refractivity contribution in [3.63, 3.8) is 0 Å². The third kappa shape index (κ3) is 3.65. The van der Waals surface area contributed by atoms with Crippen LogP contribution < -0.4 is 4.74 Å². The molecule has 0 unspecified atom stereocenters. The lowest BCUT2D eigenvalue weighted by Crippen LogP contribution is -2.34. The number of methoxy groups -OCH3 is 1. The molecule has 1 fully saturated rings. The average Bonchev–Trinajstić information content (AvgIpc) is 3.57. The molecule has 4 aromatic rings. The second kappa shape index (κ2) is 8.16. The minimum Gasteiger partial charge on any atom is -0.497 e. The maximum Gasteiger partial charge on any atom is 0.274 e. The molecule has 3 aromatic heterocycles. The molecule has 0 spiro atoms. The lowest BCUT2D eigenvalue weighted by atomic mass is 10.1. The van der Waals surface area contributed by atoms with E-state index in [1.807, 2.05) is 35.4 Å². The SMILES string of the molecule is COc1cccc(-c2ccc3ccc(-n4ccc(C(=O)N5CC[C@@H](N(C)C)C5)n4)n3c2)c1. The smallest absolute Gasteiger partial charge is 0.274 e. The van der Waals surface area contributed by atoms with Crippen LogP contribution in [-0.2, 0) is 0 Å². The number of hydrogen-bond acceptors (Lipinski definition) is 4. The lowest BCUT2D eigenvalue weighted by molar-refractivity contribution is 0.0777. The van der Waals surface area contributed by atoms with Crippen molar-refractivity contribution >= 4 is 11.4 Å². The van der Waals surface area contributed by atoms with E-state index in [1.165, 1.54) is 0 Å². The number of fused-ring (bicyclic) bond motifs is 1. The van der Waals surface area contributed by atoms with Gasteiger partial charge < -0.3 is 18.9 Å². The molecule has 1 saturated heterocycles. The summed E-state index contributed by atoms with van der Waals surface area (Å²) in [6, 6.07) is 18.5. The van der Waals surface area contributed by atoms with Gasteiger partial charge in [-0.05, 0) is 68.0 Å². The van der Waals surface area contributed by atoms with Gasteiger partial charge in [0.25, 0.3) is 5.91 Å². The van der Waals surface area contributed by atoms with Gasteiger partial charge in [0.05, 0.1) is 7.11 Å². The number of likely N-dealkylation sites (tertiary alicyclic amines) is 1. The van der Waals surface area contributed by atoms with Gasteiger partial charge in [0.15, 0.2) is 5.69 Å². The van der Waals surface area contributed by atoms with Crippen molar-refractivity contribution in [1.82, 2.24) is 24.0 Å². The van der Waals surface area contributed by atoms with Gasteiger partial charge in [0, 0.05) is 37.0 Å². The quantitative estimate of drug-likeness (QED) is 0.487. The van der Waals surface area contributed by atoms with Crippen LogP contribution in [-0.4, -0.2) is 70.2 Å². The Labute approximate surface area is 187 Å². The number of nitrogens with zero attached hydrogens (tertiary/aromatic N) is 5. The second-order valence-electron chi connectivity index (χ2n) is 8.44. The van der Waals surface area contributed by atoms with Crippen molar-refractivity contribution in [2.24, 2.45) is 0 Å². The topological polar surface area (TPSA) is 55.0 Å². The van der Waals surface area contributed by atoms with Crippen LogP contribution in [0, 0.1) is 0 Å². The highest BCUT2D eigenvalue weighted by molar-refractivity contribution is 5.92. The monoisotopic (exact) mass is 429 g/mol. The summed E-state index contributed by atoms with van der Waals surface area (Å²) in [6.45, 7) is 1.52. The fourth-order valence-corrected chi connectivity index (χ4v) is 4.32. The zero-order valence-corrected chi connectivity index (χ0v) is 18.6. The van der Waals surface area contributed by atoms with Gasteiger partial charge in [-0.2, -0.15) is 5.10 Å². The molecule has 32 heavy (non-hydrogen) atoms. The fourth-order valence-electron chi connectivity index (χ4n) is 4.32. The van der Waals surface area contributed by atoms with Gasteiger partial charge in [-0.3, -0.25) is 4.79 Å². The number of pyridine rings is 1. The Morgan fingerprint density at radius 3 is 2.72 bits per heavy atom. The van der Waals surface area contributed by atoms with E-state index in [9.17, 15) is 4.79 Å². The van der Waals surface area contributed by atoms with Gasteiger partial charge in [-0.1, -0.05) is 18.2 Å². The predicted molar refractivity (Wildman–Crippen MR) is 125 cm³/mol. The lowest BCUT2D eigenvalue weighted by Gasteiger charge is -2.19. The highest BCUT2D eigenvalue weighted by Crippen LogP contribution is 2.26. The number of likely N-dealkylation sites (N-methyl/N-ethyl adjacent to an activating group) is 1. The summed E-state index contributed by atoms with van der Waals surface area (Å²) in [6.07, 6.45) is 4.94. The van der Waals surface area contributed by atoms with E-state index in [-0.39, 0.29) is 5.91 Å². The zero-order valence-electron chi connectivity index (χ0n) is 18.6. The zero-order chi connectivity index (χ0) is 22.2. The highest BCUT2D eigenvalue weighted by Gasteiger charge is 2.29. The highest BCUT2D eigenvalue weighted by atomic mass is 16.5. The molecule has 164 valence electrons. The average molecular weight is 430 g/mol. The number of rotatable bonds is 5. The Kier molecular flexibility index (Phi) is 5.19. The maximum atomic E-state index is 13.0. The van der Waals surface area contributed by atoms with Gasteiger partial charge in [-0.15, -0.1) is 0 Å². The number of ether oxygens (including phenoxy) is 1. The van der Waals surface area contributed by atoms with Crippen LogP contribution in [0.4, 0.5) is 0 Å². The number of benzene rings is 1. The molecular formula is C25H27N5O2. The third-order valence-electron chi connectivity index (χ3n) is 6.26. The molecule has 4 heterocycles. The number of hydrogen-bond donors (Lipinski definition) is 0. The van der Waals surface area contributed by atoms with Gasteiger partial charge >= 0.3 is 0 Å². The van der Waals surface area contributed by atoms with Gasteiger partial charge in [-0.25, -0.2) is 4.68 Å². The first-order chi connectivity index (χ1) is 15.5. The van der Waals surface area contributed by atoms with Crippen molar-refractivity contribution in [3.8, 4) is 22.7 Å². The van der Waals surface area contributed by atoms with Crippen LogP contribution in [0.2, 0.25) is 0 Å². The normalized spacial score (nSPS) is 16.2. The van der Waals surface area contributed by atoms with Crippen LogP contribution >= 0.6 is 0 Å². The molecule has 0 saturated carbocycles. The van der Waals surface area contributed by atoms with Gasteiger partial charge in [0.2, 0.25) is 0 Å². The predicted octanol–water partition coefficient (Wildman–Crippen LogP) is 3.58. The summed E-state index contributed by atoms with van der Waals surface area (Å²) in [4.78, 5) is 17.1. The molecule has 1 aromatic carbocycles. The van der Waals surface area contributed by atoms with Crippen molar-refractivity contribution in [2.75, 3.05) is 34.3 Å². The van der Waals surface area contributed by atoms with Crippen molar-refractivity contribution < 1.29 is 9.53 Å². The van der Waals surface area contributed by atoms with Crippen LogP contribution in [0.1, 0.15) is 16.9 Å². The van der Waals surface area contributed by atoms with Crippen LogP contribution in [0.25, 0.3) is 22.5 Å². The van der Waals surface area contributed by atoms with Crippen LogP contribution in [0.3, 0.4) is 0 Å². The number of carbonyl (C=O) groups excluding carboxylic acids is 1. The summed E-state index contributed by atoms with van der Waals surface area (Å²) in [5.41, 5.74) is 3.68. The minimum absolute atomic E-state index is 0.00830. The summed E-state index contributed by atoms with van der Waals surface area (Å²) in [5.74, 6) is 1.70. The number of amides is 1. The molecule has 1 aliphatic heterocycles. The Morgan fingerprint density at radius 2 is 1.94 bits per heavy atom. The first kappa shape index (κ1) is 20.3. The number of carbonyl (C=O) groups is 1. The number of aromatic nitrogens is 3. The molecule has 7 heteroatoms. The molecule has 0 aliphatic carbocycles. The molecule has 1 aliphatic rings. The molecular weight excluding hydrogens is 402 g/mol. The molecule has 0 bridgehead atoms. The molecule has 0 radical (unpaired) electrons. The van der Waals surface area contributed by atoms with E-state index >= 15 is 0 Å². The molecule has 0 N–H and O–H groups in total. The van der Waals surface area contributed by atoms with E-state index in [0.29, 0.717) is 11.7 Å². The van der Waals surface area contributed by atoms with E-state index in [4.69, 9.17) is 4.74 Å². The maximum absolute atomic E-state index is 13.0. The van der Waals surface area contributed by atoms with Gasteiger partial charge in [0.1, 0.15) is 11.6 Å². The molecule has 1 amide bonds. The van der Waals surface area contributed by atoms with Crippen LogP contribution in [0.15, 0.2) is 67.0 Å². The second-order valence-corrected chi connectivity index (χ2v) is 8.44. The summed E-state index contributed by atoms with van der Waals surface area (Å²) < 4.78 is 9.23. The van der Waals surface area contributed by atoms with E-state index in [1.54, 1.807) is 17.9 Å². The first-order valence-corrected chi connectivity index (χ1v) is 10.8. The fraction of sp³-hybridized carbons (Fsp3) is 0.280. The van der Waals surface area contributed by atoms with Crippen molar-refractivity contribution in [1.29, 1.82) is 0 Å². The Morgan fingerprint density at radius 1 is 1.09 bits per heavy atom. The Balaban J connectivity index is 1.44. The summed E-state index contributed by atoms with van der Waals surface area (Å²) in [7, 11) is 5.79. The standard InChI is InChI=1S/C25H27N5O2/c1-27(2)21-11-13-28(17-21)25(31)23-12-14-30(26-23)24-10-9-20-8-7-19(16-29(20)24)18-5-4-6-22(15-18)32-3/h4-10,12,14-16,21H,11,13,17H2,1-3H3/t21-/m1/s1.